The number of nitrogens with one attached hydrogen (secondary N) is 1. The lowest BCUT2D eigenvalue weighted by molar-refractivity contribution is 0.475. The lowest BCUT2D eigenvalue weighted by Crippen LogP contribution is -2.19. The fourth-order valence-corrected chi connectivity index (χ4v) is 3.42. The molecule has 1 aromatic carbocycles. The summed E-state index contributed by atoms with van der Waals surface area (Å²) in [6, 6.07) is 7.01. The highest BCUT2D eigenvalue weighted by Gasteiger charge is 2.15. The topological polar surface area (TPSA) is 45.1 Å². The van der Waals surface area contributed by atoms with Crippen LogP contribution < -0.4 is 15.2 Å². The van der Waals surface area contributed by atoms with Crippen molar-refractivity contribution in [3.8, 4) is 5.75 Å². The first kappa shape index (κ1) is 11.5. The van der Waals surface area contributed by atoms with E-state index in [4.69, 9.17) is 4.98 Å². The van der Waals surface area contributed by atoms with Gasteiger partial charge in [-0.1, -0.05) is 29.6 Å². The number of nitrogens with zero attached hydrogens (tertiary/aromatic N) is 1. The second kappa shape index (κ2) is 4.35. The molecule has 3 nitrogen and oxygen atoms in total. The van der Waals surface area contributed by atoms with Crippen molar-refractivity contribution >= 4 is 33.8 Å². The van der Waals surface area contributed by atoms with Gasteiger partial charge in [-0.05, 0) is 47.9 Å². The molecule has 98 valence electrons. The van der Waals surface area contributed by atoms with Gasteiger partial charge in [0, 0.05) is 5.69 Å². The summed E-state index contributed by atoms with van der Waals surface area (Å²) in [7, 11) is 0. The van der Waals surface area contributed by atoms with Crippen LogP contribution in [-0.4, -0.2) is 10.1 Å². The second-order valence-corrected chi connectivity index (χ2v) is 5.81. The van der Waals surface area contributed by atoms with Crippen molar-refractivity contribution in [3.63, 3.8) is 0 Å². The number of thiazole rings is 1. The maximum absolute atomic E-state index is 9.29. The van der Waals surface area contributed by atoms with Crippen molar-refractivity contribution in [1.29, 1.82) is 0 Å². The Balaban J connectivity index is 1.71. The number of phenolic OH excluding ortho intramolecular Hbond substituents is 1. The molecule has 0 saturated heterocycles. The van der Waals surface area contributed by atoms with Gasteiger partial charge in [-0.15, -0.1) is 0 Å². The van der Waals surface area contributed by atoms with Crippen LogP contribution in [0.25, 0.3) is 11.6 Å². The van der Waals surface area contributed by atoms with Crippen LogP contribution in [0.5, 0.6) is 5.75 Å². The Morgan fingerprint density at radius 3 is 2.90 bits per heavy atom. The highest BCUT2D eigenvalue weighted by molar-refractivity contribution is 7.13. The van der Waals surface area contributed by atoms with Crippen LogP contribution >= 0.6 is 11.3 Å². The van der Waals surface area contributed by atoms with Gasteiger partial charge in [0.25, 0.3) is 0 Å². The Morgan fingerprint density at radius 1 is 1.20 bits per heavy atom. The minimum atomic E-state index is 0.268. The highest BCUT2D eigenvalue weighted by Crippen LogP contribution is 2.25. The maximum Gasteiger partial charge on any atom is 0.188 e. The number of benzene rings is 1. The molecule has 0 aliphatic heterocycles. The van der Waals surface area contributed by atoms with Crippen molar-refractivity contribution in [3.05, 3.63) is 57.9 Å². The van der Waals surface area contributed by atoms with E-state index in [2.05, 4.69) is 29.6 Å². The Labute approximate surface area is 119 Å². The minimum absolute atomic E-state index is 0.268. The Hall–Kier alpha value is -2.33. The molecule has 2 aliphatic carbocycles. The minimum Gasteiger partial charge on any atom is -0.508 e. The summed E-state index contributed by atoms with van der Waals surface area (Å²) in [6.07, 6.45) is 9.56. The number of aromatic nitrogens is 1. The Morgan fingerprint density at radius 2 is 2.05 bits per heavy atom. The summed E-state index contributed by atoms with van der Waals surface area (Å²) in [5, 5.41) is 14.6. The van der Waals surface area contributed by atoms with Crippen molar-refractivity contribution in [1.82, 2.24) is 4.98 Å². The molecule has 2 aromatic rings. The van der Waals surface area contributed by atoms with Gasteiger partial charge in [0.15, 0.2) is 5.13 Å². The average molecular weight is 280 g/mol. The number of hydrogen-bond acceptors (Lipinski definition) is 4. The second-order valence-electron chi connectivity index (χ2n) is 4.78. The first-order valence-corrected chi connectivity index (χ1v) is 7.26. The van der Waals surface area contributed by atoms with Gasteiger partial charge < -0.3 is 10.4 Å². The van der Waals surface area contributed by atoms with Crippen LogP contribution in [0.3, 0.4) is 0 Å². The van der Waals surface area contributed by atoms with Crippen molar-refractivity contribution in [2.75, 3.05) is 5.32 Å². The molecule has 20 heavy (non-hydrogen) atoms. The standard InChI is InChI=1S/C16H12N2OS/c19-12-7-5-11(6-8-12)17-16-18-15-13-4-2-1-3-10(13)9-14(15)20-16/h1-3,5-9,19H,4H2,(H,17,18). The van der Waals surface area contributed by atoms with Crippen LogP contribution in [0.15, 0.2) is 48.1 Å². The monoisotopic (exact) mass is 280 g/mol. The molecule has 0 fully saturated rings. The van der Waals surface area contributed by atoms with E-state index in [0.717, 1.165) is 22.6 Å². The molecule has 2 aliphatic rings. The van der Waals surface area contributed by atoms with Gasteiger partial charge in [-0.25, -0.2) is 4.98 Å². The number of allylic oxidation sites excluding steroid dienone is 4. The van der Waals surface area contributed by atoms with Gasteiger partial charge in [-0.2, -0.15) is 0 Å². The normalized spacial score (nSPS) is 15.4. The van der Waals surface area contributed by atoms with E-state index in [0.29, 0.717) is 0 Å². The van der Waals surface area contributed by atoms with Gasteiger partial charge >= 0.3 is 0 Å². The van der Waals surface area contributed by atoms with Crippen LogP contribution in [0.1, 0.15) is 6.42 Å². The first-order valence-electron chi connectivity index (χ1n) is 6.44. The molecule has 0 unspecified atom stereocenters. The first-order chi connectivity index (χ1) is 9.79. The summed E-state index contributed by atoms with van der Waals surface area (Å²) >= 11 is 1.66. The van der Waals surface area contributed by atoms with E-state index < -0.39 is 0 Å². The van der Waals surface area contributed by atoms with E-state index in [1.54, 1.807) is 23.5 Å². The fraction of sp³-hybridized carbons (Fsp3) is 0.0625. The number of fused-ring (bicyclic) bond motifs is 2. The maximum atomic E-state index is 9.29. The van der Waals surface area contributed by atoms with Crippen molar-refractivity contribution in [2.45, 2.75) is 6.42 Å². The van der Waals surface area contributed by atoms with Crippen LogP contribution in [0.2, 0.25) is 0 Å². The van der Waals surface area contributed by atoms with Crippen LogP contribution in [-0.2, 0) is 0 Å². The molecule has 0 spiro atoms. The third-order valence-electron chi connectivity index (χ3n) is 3.43. The van der Waals surface area contributed by atoms with E-state index in [-0.39, 0.29) is 5.75 Å². The zero-order chi connectivity index (χ0) is 13.5. The highest BCUT2D eigenvalue weighted by atomic mass is 32.1. The number of aromatic hydroxyl groups is 1. The zero-order valence-electron chi connectivity index (χ0n) is 10.6. The molecule has 0 amide bonds. The quantitative estimate of drug-likeness (QED) is 0.830. The predicted octanol–water partition coefficient (Wildman–Crippen LogP) is 2.42. The molecular formula is C16H12N2OS. The average Bonchev–Trinajstić information content (AvgIpc) is 2.98. The molecule has 0 atom stereocenters. The molecular weight excluding hydrogens is 268 g/mol. The molecule has 2 N–H and O–H groups in total. The van der Waals surface area contributed by atoms with Crippen LogP contribution in [0.4, 0.5) is 10.8 Å². The van der Waals surface area contributed by atoms with Crippen LogP contribution in [0, 0.1) is 0 Å². The van der Waals surface area contributed by atoms with Gasteiger partial charge in [0.1, 0.15) is 5.75 Å². The molecule has 1 heterocycles. The van der Waals surface area contributed by atoms with E-state index in [1.165, 1.54) is 15.7 Å². The van der Waals surface area contributed by atoms with E-state index in [9.17, 15) is 5.11 Å². The van der Waals surface area contributed by atoms with Gasteiger partial charge in [0.2, 0.25) is 0 Å². The SMILES string of the molecule is Oc1ccc(Nc2nc3c(s2)=CC2=CC=CCC=32)cc1. The number of hydrogen-bond donors (Lipinski definition) is 2. The molecule has 1 aromatic heterocycles. The van der Waals surface area contributed by atoms with Crippen molar-refractivity contribution < 1.29 is 5.11 Å². The zero-order valence-corrected chi connectivity index (χ0v) is 11.4. The third kappa shape index (κ3) is 1.85. The fourth-order valence-electron chi connectivity index (χ4n) is 2.45. The smallest absolute Gasteiger partial charge is 0.188 e. The van der Waals surface area contributed by atoms with E-state index >= 15 is 0 Å². The summed E-state index contributed by atoms with van der Waals surface area (Å²) < 4.78 is 1.22. The van der Waals surface area contributed by atoms with Gasteiger partial charge in [0.05, 0.1) is 9.88 Å². The summed E-state index contributed by atoms with van der Waals surface area (Å²) in [5.41, 5.74) is 3.54. The molecule has 0 saturated carbocycles. The number of rotatable bonds is 2. The Bertz CT molecular complexity index is 857. The lowest BCUT2D eigenvalue weighted by Gasteiger charge is -2.05. The molecule has 4 rings (SSSR count). The van der Waals surface area contributed by atoms with E-state index in [1.807, 2.05) is 12.1 Å². The Kier molecular flexibility index (Phi) is 2.50. The lowest BCUT2D eigenvalue weighted by atomic mass is 10.0. The summed E-state index contributed by atoms with van der Waals surface area (Å²) in [6.45, 7) is 0. The largest absolute Gasteiger partial charge is 0.508 e. The third-order valence-corrected chi connectivity index (χ3v) is 4.34. The van der Waals surface area contributed by atoms with Crippen molar-refractivity contribution in [2.24, 2.45) is 0 Å². The number of anilines is 2. The predicted molar refractivity (Wildman–Crippen MR) is 82.5 cm³/mol. The summed E-state index contributed by atoms with van der Waals surface area (Å²) in [5.74, 6) is 0.268. The molecule has 0 radical (unpaired) electrons. The van der Waals surface area contributed by atoms with Gasteiger partial charge in [-0.3, -0.25) is 0 Å². The summed E-state index contributed by atoms with van der Waals surface area (Å²) in [4.78, 5) is 4.69. The number of phenols is 1. The molecule has 0 bridgehead atoms. The molecule has 4 heteroatoms.